The monoisotopic (exact) mass is 370 g/mol. The number of aryl methyl sites for hydroxylation is 1. The Balaban J connectivity index is 1.57. The maximum Gasteiger partial charge on any atom is 0.229 e. The Morgan fingerprint density at radius 2 is 1.85 bits per heavy atom. The van der Waals surface area contributed by atoms with Crippen molar-refractivity contribution in [3.63, 3.8) is 0 Å². The summed E-state index contributed by atoms with van der Waals surface area (Å²) >= 11 is 0. The van der Waals surface area contributed by atoms with Crippen molar-refractivity contribution in [2.75, 3.05) is 36.0 Å². The zero-order valence-corrected chi connectivity index (χ0v) is 16.6. The van der Waals surface area contributed by atoms with Crippen molar-refractivity contribution in [3.05, 3.63) is 11.8 Å². The lowest BCUT2D eigenvalue weighted by atomic mass is 9.95. The molecule has 146 valence electrons. The molecule has 0 bridgehead atoms. The van der Waals surface area contributed by atoms with Gasteiger partial charge in [-0.1, -0.05) is 0 Å². The lowest BCUT2D eigenvalue weighted by Crippen LogP contribution is -2.42. The minimum absolute atomic E-state index is 0.104. The third kappa shape index (κ3) is 3.73. The van der Waals surface area contributed by atoms with Crippen LogP contribution < -0.4 is 15.1 Å². The highest BCUT2D eigenvalue weighted by Gasteiger charge is 2.28. The smallest absolute Gasteiger partial charge is 0.229 e. The summed E-state index contributed by atoms with van der Waals surface area (Å²) in [6.45, 7) is 9.85. The molecule has 2 fully saturated rings. The highest BCUT2D eigenvalue weighted by molar-refractivity contribution is 5.89. The van der Waals surface area contributed by atoms with Crippen molar-refractivity contribution in [2.24, 2.45) is 5.92 Å². The van der Waals surface area contributed by atoms with Crippen LogP contribution in [-0.4, -0.2) is 53.1 Å². The summed E-state index contributed by atoms with van der Waals surface area (Å²) in [5.41, 5.74) is 2.02. The third-order valence-electron chi connectivity index (χ3n) is 5.58. The van der Waals surface area contributed by atoms with Gasteiger partial charge in [-0.05, 0) is 52.5 Å². The van der Waals surface area contributed by atoms with Gasteiger partial charge in [0.1, 0.15) is 11.5 Å². The molecule has 0 radical (unpaired) electrons. The number of hydrogen-bond acceptors (Lipinski definition) is 5. The van der Waals surface area contributed by atoms with Crippen LogP contribution in [0.3, 0.4) is 0 Å². The van der Waals surface area contributed by atoms with E-state index in [0.717, 1.165) is 67.5 Å². The van der Waals surface area contributed by atoms with E-state index in [4.69, 9.17) is 9.97 Å². The number of carbonyl (C=O) groups is 1. The molecule has 27 heavy (non-hydrogen) atoms. The first kappa shape index (κ1) is 18.1. The van der Waals surface area contributed by atoms with Crippen LogP contribution in [0.1, 0.15) is 45.2 Å². The summed E-state index contributed by atoms with van der Waals surface area (Å²) in [6.07, 6.45) is 4.15. The Bertz CT molecular complexity index is 815. The van der Waals surface area contributed by atoms with E-state index in [1.165, 1.54) is 12.8 Å². The van der Waals surface area contributed by atoms with Crippen molar-refractivity contribution < 1.29 is 4.79 Å². The van der Waals surface area contributed by atoms with Gasteiger partial charge in [0.25, 0.3) is 0 Å². The average molecular weight is 371 g/mol. The molecule has 4 heterocycles. The Morgan fingerprint density at radius 1 is 1.15 bits per heavy atom. The second-order valence-corrected chi connectivity index (χ2v) is 8.18. The molecule has 7 nitrogen and oxygen atoms in total. The number of amides is 1. The minimum Gasteiger partial charge on any atom is -0.356 e. The van der Waals surface area contributed by atoms with Gasteiger partial charge in [0.2, 0.25) is 11.9 Å². The van der Waals surface area contributed by atoms with E-state index in [-0.39, 0.29) is 17.9 Å². The molecular weight excluding hydrogens is 340 g/mol. The summed E-state index contributed by atoms with van der Waals surface area (Å²) in [5, 5.41) is 4.14. The van der Waals surface area contributed by atoms with Crippen molar-refractivity contribution >= 4 is 28.7 Å². The van der Waals surface area contributed by atoms with E-state index in [9.17, 15) is 4.79 Å². The Hall–Kier alpha value is -2.31. The van der Waals surface area contributed by atoms with Crippen LogP contribution in [0.2, 0.25) is 0 Å². The van der Waals surface area contributed by atoms with E-state index in [0.29, 0.717) is 0 Å². The molecule has 2 saturated heterocycles. The molecule has 2 N–H and O–H groups in total. The second kappa shape index (κ2) is 7.37. The largest absolute Gasteiger partial charge is 0.356 e. The standard InChI is InChI=1S/C20H30N6O/c1-13(2)21-19(27)15-6-10-25(11-7-15)18-16-12-14(3)22-17(16)23-20(24-18)26-8-4-5-9-26/h12-13,15H,4-11H2,1-3H3,(H,21,27)(H,22,23,24). The molecule has 0 atom stereocenters. The molecule has 4 rings (SSSR count). The predicted octanol–water partition coefficient (Wildman–Crippen LogP) is 2.61. The molecule has 1 amide bonds. The molecule has 0 aliphatic carbocycles. The van der Waals surface area contributed by atoms with Crippen LogP contribution in [-0.2, 0) is 4.79 Å². The molecule has 2 aliphatic heterocycles. The van der Waals surface area contributed by atoms with Crippen molar-refractivity contribution in [1.29, 1.82) is 0 Å². The van der Waals surface area contributed by atoms with Crippen LogP contribution in [0.15, 0.2) is 6.07 Å². The number of fused-ring (bicyclic) bond motifs is 1. The molecule has 0 saturated carbocycles. The molecule has 2 aromatic heterocycles. The topological polar surface area (TPSA) is 77.2 Å². The highest BCUT2D eigenvalue weighted by Crippen LogP contribution is 2.31. The van der Waals surface area contributed by atoms with E-state index in [2.05, 4.69) is 33.1 Å². The van der Waals surface area contributed by atoms with Crippen molar-refractivity contribution in [3.8, 4) is 0 Å². The van der Waals surface area contributed by atoms with Gasteiger partial charge in [-0.3, -0.25) is 4.79 Å². The zero-order chi connectivity index (χ0) is 19.0. The van der Waals surface area contributed by atoms with Crippen LogP contribution >= 0.6 is 0 Å². The fourth-order valence-electron chi connectivity index (χ4n) is 4.17. The summed E-state index contributed by atoms with van der Waals surface area (Å²) in [4.78, 5) is 30.1. The van der Waals surface area contributed by atoms with Gasteiger partial charge in [-0.25, -0.2) is 0 Å². The number of nitrogens with one attached hydrogen (secondary N) is 2. The lowest BCUT2D eigenvalue weighted by molar-refractivity contribution is -0.126. The summed E-state index contributed by atoms with van der Waals surface area (Å²) in [5.74, 6) is 2.13. The fraction of sp³-hybridized carbons (Fsp3) is 0.650. The SMILES string of the molecule is Cc1cc2c(N3CCC(C(=O)NC(C)C)CC3)nc(N3CCCC3)nc2[nH]1. The third-order valence-corrected chi connectivity index (χ3v) is 5.58. The second-order valence-electron chi connectivity index (χ2n) is 8.18. The van der Waals surface area contributed by atoms with Gasteiger partial charge in [-0.15, -0.1) is 0 Å². The fourth-order valence-corrected chi connectivity index (χ4v) is 4.17. The number of piperidine rings is 1. The Labute approximate surface area is 160 Å². The Kier molecular flexibility index (Phi) is 4.93. The first-order valence-corrected chi connectivity index (χ1v) is 10.2. The quantitative estimate of drug-likeness (QED) is 0.865. The van der Waals surface area contributed by atoms with Crippen LogP contribution in [0.25, 0.3) is 11.0 Å². The summed E-state index contributed by atoms with van der Waals surface area (Å²) in [7, 11) is 0. The van der Waals surface area contributed by atoms with Gasteiger partial charge < -0.3 is 20.1 Å². The molecule has 0 spiro atoms. The number of rotatable bonds is 4. The molecular formula is C20H30N6O. The number of aromatic amines is 1. The number of hydrogen-bond donors (Lipinski definition) is 2. The summed E-state index contributed by atoms with van der Waals surface area (Å²) < 4.78 is 0. The predicted molar refractivity (Wildman–Crippen MR) is 108 cm³/mol. The van der Waals surface area contributed by atoms with Crippen molar-refractivity contribution in [2.45, 2.75) is 52.5 Å². The van der Waals surface area contributed by atoms with E-state index in [1.54, 1.807) is 0 Å². The number of aromatic nitrogens is 3. The van der Waals surface area contributed by atoms with Gasteiger partial charge in [0.15, 0.2) is 0 Å². The van der Waals surface area contributed by atoms with Crippen LogP contribution in [0, 0.1) is 12.8 Å². The zero-order valence-electron chi connectivity index (χ0n) is 16.6. The van der Waals surface area contributed by atoms with Gasteiger partial charge in [0.05, 0.1) is 5.39 Å². The number of carbonyl (C=O) groups excluding carboxylic acids is 1. The number of nitrogens with zero attached hydrogens (tertiary/aromatic N) is 4. The maximum absolute atomic E-state index is 12.3. The summed E-state index contributed by atoms with van der Waals surface area (Å²) in [6, 6.07) is 2.33. The van der Waals surface area contributed by atoms with E-state index >= 15 is 0 Å². The molecule has 2 aliphatic rings. The lowest BCUT2D eigenvalue weighted by Gasteiger charge is -2.33. The number of H-pyrrole nitrogens is 1. The normalized spacial score (nSPS) is 18.7. The Morgan fingerprint density at radius 3 is 2.52 bits per heavy atom. The highest BCUT2D eigenvalue weighted by atomic mass is 16.1. The molecule has 2 aromatic rings. The minimum atomic E-state index is 0.104. The first-order valence-electron chi connectivity index (χ1n) is 10.2. The average Bonchev–Trinajstić information content (AvgIpc) is 3.29. The maximum atomic E-state index is 12.3. The molecule has 0 aromatic carbocycles. The van der Waals surface area contributed by atoms with Gasteiger partial charge in [-0.2, -0.15) is 9.97 Å². The number of anilines is 2. The molecule has 7 heteroatoms. The van der Waals surface area contributed by atoms with Gasteiger partial charge in [0, 0.05) is 43.8 Å². The van der Waals surface area contributed by atoms with Crippen molar-refractivity contribution in [1.82, 2.24) is 20.3 Å². The van der Waals surface area contributed by atoms with Crippen LogP contribution in [0.4, 0.5) is 11.8 Å². The van der Waals surface area contributed by atoms with E-state index in [1.807, 2.05) is 13.8 Å². The first-order chi connectivity index (χ1) is 13.0. The van der Waals surface area contributed by atoms with Crippen LogP contribution in [0.5, 0.6) is 0 Å². The molecule has 0 unspecified atom stereocenters. The van der Waals surface area contributed by atoms with E-state index < -0.39 is 0 Å². The van der Waals surface area contributed by atoms with Gasteiger partial charge >= 0.3 is 0 Å².